The van der Waals surface area contributed by atoms with Crippen molar-refractivity contribution in [1.29, 1.82) is 0 Å². The first-order valence-electron chi connectivity index (χ1n) is 5.27. The molecule has 0 radical (unpaired) electrons. The van der Waals surface area contributed by atoms with Crippen molar-refractivity contribution in [3.05, 3.63) is 34.9 Å². The van der Waals surface area contributed by atoms with Crippen LogP contribution in [0.1, 0.15) is 12.8 Å². The van der Waals surface area contributed by atoms with Crippen molar-refractivity contribution >= 4 is 26.8 Å². The fourth-order valence-corrected chi connectivity index (χ4v) is 2.15. The molecule has 1 aromatic carbocycles. The van der Waals surface area contributed by atoms with E-state index < -0.39 is 12.6 Å². The second-order valence-corrected chi connectivity index (χ2v) is 4.85. The van der Waals surface area contributed by atoms with Crippen molar-refractivity contribution in [2.24, 2.45) is 0 Å². The molecule has 1 heterocycles. The Morgan fingerprint density at radius 2 is 1.94 bits per heavy atom. The van der Waals surface area contributed by atoms with Crippen molar-refractivity contribution in [3.63, 3.8) is 0 Å². The summed E-state index contributed by atoms with van der Waals surface area (Å²) in [5.41, 5.74) is 0.960. The predicted molar refractivity (Wildman–Crippen MR) is 64.9 cm³/mol. The molecule has 0 saturated carbocycles. The Morgan fingerprint density at radius 1 is 1.18 bits per heavy atom. The molecule has 92 valence electrons. The fourth-order valence-electron chi connectivity index (χ4n) is 1.80. The minimum absolute atomic E-state index is 0.111. The Hall–Kier alpha value is -0.970. The van der Waals surface area contributed by atoms with Crippen molar-refractivity contribution in [1.82, 2.24) is 4.57 Å². The largest absolute Gasteiger partial charge is 0.389 e. The lowest BCUT2D eigenvalue weighted by Crippen LogP contribution is -2.08. The highest BCUT2D eigenvalue weighted by Crippen LogP contribution is 2.24. The Labute approximate surface area is 105 Å². The van der Waals surface area contributed by atoms with E-state index in [1.807, 2.05) is 35.0 Å². The van der Waals surface area contributed by atoms with Crippen molar-refractivity contribution in [2.45, 2.75) is 25.6 Å². The molecule has 5 heteroatoms. The predicted octanol–water partition coefficient (Wildman–Crippen LogP) is 4.75. The molecule has 0 aliphatic carbocycles. The third kappa shape index (κ3) is 3.25. The van der Waals surface area contributed by atoms with Crippen LogP contribution in [-0.4, -0.2) is 10.7 Å². The molecule has 0 saturated heterocycles. The van der Waals surface area contributed by atoms with Crippen LogP contribution in [0, 0.1) is 0 Å². The smallest absolute Gasteiger partial charge is 0.347 e. The van der Waals surface area contributed by atoms with Gasteiger partial charge in [-0.2, -0.15) is 13.2 Å². The van der Waals surface area contributed by atoms with Gasteiger partial charge in [-0.3, -0.25) is 0 Å². The van der Waals surface area contributed by atoms with E-state index in [1.54, 1.807) is 0 Å². The number of halogens is 4. The van der Waals surface area contributed by atoms with E-state index >= 15 is 0 Å². The maximum absolute atomic E-state index is 12.0. The zero-order valence-corrected chi connectivity index (χ0v) is 10.6. The van der Waals surface area contributed by atoms with Crippen LogP contribution in [0.25, 0.3) is 10.9 Å². The minimum atomic E-state index is -4.07. The molecule has 0 aliphatic rings. The van der Waals surface area contributed by atoms with Crippen LogP contribution in [0.5, 0.6) is 0 Å². The van der Waals surface area contributed by atoms with Crippen LogP contribution in [0.15, 0.2) is 34.9 Å². The minimum Gasteiger partial charge on any atom is -0.347 e. The Bertz CT molecular complexity index is 516. The molecule has 0 fully saturated rings. The van der Waals surface area contributed by atoms with Gasteiger partial charge in [-0.05, 0) is 30.0 Å². The van der Waals surface area contributed by atoms with Gasteiger partial charge in [0.2, 0.25) is 0 Å². The van der Waals surface area contributed by atoms with Crippen LogP contribution in [-0.2, 0) is 6.54 Å². The van der Waals surface area contributed by atoms with E-state index in [9.17, 15) is 13.2 Å². The Kier molecular flexibility index (Phi) is 3.47. The summed E-state index contributed by atoms with van der Waals surface area (Å²) in [5, 5.41) is 1.04. The lowest BCUT2D eigenvalue weighted by molar-refractivity contribution is -0.135. The number of hydrogen-bond acceptors (Lipinski definition) is 0. The SMILES string of the molecule is FC(F)(F)CCCn1ccc2ccc(Br)cc21. The standard InChI is InChI=1S/C12H11BrF3N/c13-10-3-2-9-4-7-17(11(9)8-10)6-1-5-12(14,15)16/h2-4,7-8H,1,5-6H2. The summed E-state index contributed by atoms with van der Waals surface area (Å²) in [7, 11) is 0. The average Bonchev–Trinajstić information content (AvgIpc) is 2.59. The normalized spacial score (nSPS) is 12.2. The molecule has 0 N–H and O–H groups in total. The van der Waals surface area contributed by atoms with E-state index in [4.69, 9.17) is 0 Å². The van der Waals surface area contributed by atoms with E-state index in [2.05, 4.69) is 15.9 Å². The Balaban J connectivity index is 2.11. The summed E-state index contributed by atoms with van der Waals surface area (Å²) in [6, 6.07) is 7.69. The molecule has 0 atom stereocenters. The maximum Gasteiger partial charge on any atom is 0.389 e. The zero-order chi connectivity index (χ0) is 12.5. The van der Waals surface area contributed by atoms with E-state index in [-0.39, 0.29) is 6.42 Å². The monoisotopic (exact) mass is 305 g/mol. The summed E-state index contributed by atoms with van der Waals surface area (Å²) in [4.78, 5) is 0. The van der Waals surface area contributed by atoms with E-state index in [0.717, 1.165) is 15.4 Å². The van der Waals surface area contributed by atoms with Gasteiger partial charge in [-0.15, -0.1) is 0 Å². The summed E-state index contributed by atoms with van der Waals surface area (Å²) in [6.07, 6.45) is -2.86. The second kappa shape index (κ2) is 4.72. The summed E-state index contributed by atoms with van der Waals surface area (Å²) in [6.45, 7) is 0.388. The van der Waals surface area contributed by atoms with Crippen LogP contribution < -0.4 is 0 Å². The number of aromatic nitrogens is 1. The number of rotatable bonds is 3. The van der Waals surface area contributed by atoms with E-state index in [1.165, 1.54) is 0 Å². The highest BCUT2D eigenvalue weighted by atomic mass is 79.9. The van der Waals surface area contributed by atoms with Gasteiger partial charge in [-0.1, -0.05) is 22.0 Å². The number of hydrogen-bond donors (Lipinski definition) is 0. The van der Waals surface area contributed by atoms with Crippen molar-refractivity contribution in [3.8, 4) is 0 Å². The van der Waals surface area contributed by atoms with Crippen LogP contribution >= 0.6 is 15.9 Å². The fraction of sp³-hybridized carbons (Fsp3) is 0.333. The first-order valence-corrected chi connectivity index (χ1v) is 6.06. The molecular weight excluding hydrogens is 295 g/mol. The van der Waals surface area contributed by atoms with Gasteiger partial charge < -0.3 is 4.57 Å². The second-order valence-electron chi connectivity index (χ2n) is 3.93. The highest BCUT2D eigenvalue weighted by Gasteiger charge is 2.26. The van der Waals surface area contributed by atoms with Crippen LogP contribution in [0.4, 0.5) is 13.2 Å². The van der Waals surface area contributed by atoms with Gasteiger partial charge in [0, 0.05) is 29.2 Å². The van der Waals surface area contributed by atoms with Crippen molar-refractivity contribution in [2.75, 3.05) is 0 Å². The molecule has 2 aromatic rings. The van der Waals surface area contributed by atoms with Gasteiger partial charge in [-0.25, -0.2) is 0 Å². The molecule has 1 aromatic heterocycles. The summed E-state index contributed by atoms with van der Waals surface area (Å²) >= 11 is 3.36. The lowest BCUT2D eigenvalue weighted by atomic mass is 10.2. The number of alkyl halides is 3. The molecule has 0 aliphatic heterocycles. The third-order valence-electron chi connectivity index (χ3n) is 2.60. The van der Waals surface area contributed by atoms with Crippen molar-refractivity contribution < 1.29 is 13.2 Å². The Morgan fingerprint density at radius 3 is 2.65 bits per heavy atom. The molecule has 1 nitrogen and oxygen atoms in total. The van der Waals surface area contributed by atoms with Gasteiger partial charge >= 0.3 is 6.18 Å². The molecule has 0 unspecified atom stereocenters. The summed E-state index contributed by atoms with van der Waals surface area (Å²) in [5.74, 6) is 0. The topological polar surface area (TPSA) is 4.93 Å². The molecule has 17 heavy (non-hydrogen) atoms. The van der Waals surface area contributed by atoms with Crippen LogP contribution in [0.2, 0.25) is 0 Å². The highest BCUT2D eigenvalue weighted by molar-refractivity contribution is 9.10. The summed E-state index contributed by atoms with van der Waals surface area (Å²) < 4.78 is 38.9. The number of nitrogens with zero attached hydrogens (tertiary/aromatic N) is 1. The average molecular weight is 306 g/mol. The van der Waals surface area contributed by atoms with E-state index in [0.29, 0.717) is 6.54 Å². The molecule has 2 rings (SSSR count). The quantitative estimate of drug-likeness (QED) is 0.771. The van der Waals surface area contributed by atoms with Gasteiger partial charge in [0.15, 0.2) is 0 Å². The van der Waals surface area contributed by atoms with Gasteiger partial charge in [0.05, 0.1) is 0 Å². The number of benzene rings is 1. The number of fused-ring (bicyclic) bond motifs is 1. The van der Waals surface area contributed by atoms with Gasteiger partial charge in [0.25, 0.3) is 0 Å². The van der Waals surface area contributed by atoms with Crippen LogP contribution in [0.3, 0.4) is 0 Å². The lowest BCUT2D eigenvalue weighted by Gasteiger charge is -2.08. The van der Waals surface area contributed by atoms with Gasteiger partial charge in [0.1, 0.15) is 0 Å². The molecule has 0 bridgehead atoms. The molecular formula is C12H11BrF3N. The zero-order valence-electron chi connectivity index (χ0n) is 8.97. The number of aryl methyl sites for hydroxylation is 1. The molecule has 0 spiro atoms. The first-order chi connectivity index (χ1) is 7.96. The maximum atomic E-state index is 12.0. The third-order valence-corrected chi connectivity index (χ3v) is 3.09. The molecule has 0 amide bonds. The first kappa shape index (κ1) is 12.5.